The van der Waals surface area contributed by atoms with Gasteiger partial charge in [0.15, 0.2) is 0 Å². The lowest BCUT2D eigenvalue weighted by Gasteiger charge is -2.35. The van der Waals surface area contributed by atoms with Gasteiger partial charge in [-0.15, -0.1) is 0 Å². The molecule has 2 rings (SSSR count). The zero-order valence-electron chi connectivity index (χ0n) is 12.8. The Balaban J connectivity index is 1.66. The van der Waals surface area contributed by atoms with Gasteiger partial charge in [-0.1, -0.05) is 0 Å². The molecular weight excluding hydrogens is 288 g/mol. The number of carboxylic acid groups (broad SMARTS) is 1. The minimum atomic E-state index is -0.825. The first-order valence-electron chi connectivity index (χ1n) is 7.98. The van der Waals surface area contributed by atoms with Crippen LogP contribution >= 0.6 is 0 Å². The van der Waals surface area contributed by atoms with Crippen LogP contribution in [0.4, 0.5) is 0 Å². The predicted octanol–water partition coefficient (Wildman–Crippen LogP) is 0.481. The van der Waals surface area contributed by atoms with Gasteiger partial charge in [-0.05, 0) is 25.7 Å². The largest absolute Gasteiger partial charge is 0.481 e. The molecule has 0 radical (unpaired) electrons. The highest BCUT2D eigenvalue weighted by Gasteiger charge is 2.31. The quantitative estimate of drug-likeness (QED) is 0.721. The molecule has 7 heteroatoms. The molecule has 0 aromatic rings. The Hall–Kier alpha value is -1.63. The molecule has 2 amide bonds. The number of hydrogen-bond donors (Lipinski definition) is 1. The maximum Gasteiger partial charge on any atom is 0.303 e. The molecule has 0 spiro atoms. The number of hydrogen-bond acceptors (Lipinski definition) is 4. The van der Waals surface area contributed by atoms with Crippen molar-refractivity contribution in [2.45, 2.75) is 44.6 Å². The number of aliphatic carboxylic acids is 1. The second-order valence-electron chi connectivity index (χ2n) is 5.81. The van der Waals surface area contributed by atoms with Gasteiger partial charge >= 0.3 is 5.97 Å². The van der Waals surface area contributed by atoms with Crippen LogP contribution in [0.25, 0.3) is 0 Å². The summed E-state index contributed by atoms with van der Waals surface area (Å²) in [7, 11) is 0. The van der Waals surface area contributed by atoms with Crippen molar-refractivity contribution < 1.29 is 24.2 Å². The number of rotatable bonds is 6. The van der Waals surface area contributed by atoms with Gasteiger partial charge in [0.25, 0.3) is 5.91 Å². The molecule has 2 heterocycles. The molecule has 0 aromatic heterocycles. The minimum absolute atomic E-state index is 0.0473. The Morgan fingerprint density at radius 3 is 2.23 bits per heavy atom. The summed E-state index contributed by atoms with van der Waals surface area (Å²) in [5, 5.41) is 8.56. The normalized spacial score (nSPS) is 21.9. The average molecular weight is 312 g/mol. The second kappa shape index (κ2) is 8.12. The molecule has 2 fully saturated rings. The summed E-state index contributed by atoms with van der Waals surface area (Å²) in [6.07, 6.45) is 3.05. The van der Waals surface area contributed by atoms with Crippen LogP contribution in [0.1, 0.15) is 38.5 Å². The number of carbonyl (C=O) groups is 3. The number of piperazine rings is 1. The van der Waals surface area contributed by atoms with Crippen LogP contribution in [0.2, 0.25) is 0 Å². The molecule has 1 unspecified atom stereocenters. The third-order valence-electron chi connectivity index (χ3n) is 4.18. The van der Waals surface area contributed by atoms with E-state index in [1.807, 2.05) is 0 Å². The van der Waals surface area contributed by atoms with Crippen molar-refractivity contribution in [2.24, 2.45) is 0 Å². The van der Waals surface area contributed by atoms with E-state index in [1.165, 1.54) is 0 Å². The molecule has 7 nitrogen and oxygen atoms in total. The highest BCUT2D eigenvalue weighted by molar-refractivity contribution is 5.82. The maximum absolute atomic E-state index is 12.2. The van der Waals surface area contributed by atoms with Crippen molar-refractivity contribution >= 4 is 17.8 Å². The Kier molecular flexibility index (Phi) is 6.18. The fraction of sp³-hybridized carbons (Fsp3) is 0.800. The summed E-state index contributed by atoms with van der Waals surface area (Å²) < 4.78 is 5.41. The van der Waals surface area contributed by atoms with Gasteiger partial charge in [-0.2, -0.15) is 0 Å². The summed E-state index contributed by atoms with van der Waals surface area (Å²) in [4.78, 5) is 38.2. The van der Waals surface area contributed by atoms with E-state index in [0.29, 0.717) is 52.0 Å². The van der Waals surface area contributed by atoms with Gasteiger partial charge in [0.1, 0.15) is 6.10 Å². The highest BCUT2D eigenvalue weighted by Crippen LogP contribution is 2.16. The molecule has 0 aliphatic carbocycles. The predicted molar refractivity (Wildman–Crippen MR) is 78.2 cm³/mol. The number of amides is 2. The van der Waals surface area contributed by atoms with Crippen LogP contribution in [0.5, 0.6) is 0 Å². The lowest BCUT2D eigenvalue weighted by molar-refractivity contribution is -0.146. The molecule has 1 atom stereocenters. The van der Waals surface area contributed by atoms with Crippen molar-refractivity contribution in [3.63, 3.8) is 0 Å². The van der Waals surface area contributed by atoms with E-state index in [-0.39, 0.29) is 24.3 Å². The summed E-state index contributed by atoms with van der Waals surface area (Å²) in [6, 6.07) is 0. The summed E-state index contributed by atoms with van der Waals surface area (Å²) in [5.41, 5.74) is 0. The smallest absolute Gasteiger partial charge is 0.303 e. The first-order valence-corrected chi connectivity index (χ1v) is 7.98. The van der Waals surface area contributed by atoms with Gasteiger partial charge in [0.05, 0.1) is 0 Å². The molecule has 2 aliphatic heterocycles. The number of ether oxygens (including phenoxy) is 1. The van der Waals surface area contributed by atoms with Crippen LogP contribution in [-0.4, -0.2) is 71.6 Å². The van der Waals surface area contributed by atoms with E-state index in [1.54, 1.807) is 9.80 Å². The van der Waals surface area contributed by atoms with E-state index in [2.05, 4.69) is 0 Å². The Morgan fingerprint density at radius 2 is 1.64 bits per heavy atom. The first-order chi connectivity index (χ1) is 10.6. The minimum Gasteiger partial charge on any atom is -0.481 e. The van der Waals surface area contributed by atoms with Crippen LogP contribution in [-0.2, 0) is 19.1 Å². The fourth-order valence-electron chi connectivity index (χ4n) is 2.86. The zero-order chi connectivity index (χ0) is 15.9. The van der Waals surface area contributed by atoms with Crippen LogP contribution < -0.4 is 0 Å². The third kappa shape index (κ3) is 4.69. The SMILES string of the molecule is O=C(O)CCCCC(=O)N1CCN(C(=O)C2CCCO2)CC1. The Bertz CT molecular complexity index is 412. The van der Waals surface area contributed by atoms with Gasteiger partial charge in [0, 0.05) is 45.6 Å². The molecule has 1 N–H and O–H groups in total. The van der Waals surface area contributed by atoms with Gasteiger partial charge < -0.3 is 19.6 Å². The van der Waals surface area contributed by atoms with Crippen molar-refractivity contribution in [1.29, 1.82) is 0 Å². The van der Waals surface area contributed by atoms with Crippen molar-refractivity contribution in [3.05, 3.63) is 0 Å². The van der Waals surface area contributed by atoms with Crippen LogP contribution in [0.3, 0.4) is 0 Å². The number of nitrogens with zero attached hydrogens (tertiary/aromatic N) is 2. The Morgan fingerprint density at radius 1 is 1.00 bits per heavy atom. The third-order valence-corrected chi connectivity index (χ3v) is 4.18. The summed E-state index contributed by atoms with van der Waals surface area (Å²) in [6.45, 7) is 2.87. The molecule has 22 heavy (non-hydrogen) atoms. The molecule has 2 saturated heterocycles. The van der Waals surface area contributed by atoms with E-state index < -0.39 is 5.97 Å². The molecule has 0 saturated carbocycles. The Labute approximate surface area is 130 Å². The second-order valence-corrected chi connectivity index (χ2v) is 5.81. The van der Waals surface area contributed by atoms with E-state index in [9.17, 15) is 14.4 Å². The maximum atomic E-state index is 12.2. The number of unbranched alkanes of at least 4 members (excludes halogenated alkanes) is 1. The van der Waals surface area contributed by atoms with Gasteiger partial charge in [-0.3, -0.25) is 14.4 Å². The van der Waals surface area contributed by atoms with Crippen molar-refractivity contribution in [3.8, 4) is 0 Å². The average Bonchev–Trinajstić information content (AvgIpc) is 3.05. The fourth-order valence-corrected chi connectivity index (χ4v) is 2.86. The summed E-state index contributed by atoms with van der Waals surface area (Å²) >= 11 is 0. The van der Waals surface area contributed by atoms with Gasteiger partial charge in [0.2, 0.25) is 5.91 Å². The summed E-state index contributed by atoms with van der Waals surface area (Å²) in [5.74, 6) is -0.727. The molecule has 0 bridgehead atoms. The molecule has 124 valence electrons. The molecule has 2 aliphatic rings. The topological polar surface area (TPSA) is 87.2 Å². The monoisotopic (exact) mass is 312 g/mol. The van der Waals surface area contributed by atoms with Crippen molar-refractivity contribution in [2.75, 3.05) is 32.8 Å². The van der Waals surface area contributed by atoms with Crippen molar-refractivity contribution in [1.82, 2.24) is 9.80 Å². The lowest BCUT2D eigenvalue weighted by Crippen LogP contribution is -2.52. The number of carbonyl (C=O) groups excluding carboxylic acids is 2. The highest BCUT2D eigenvalue weighted by atomic mass is 16.5. The lowest BCUT2D eigenvalue weighted by atomic mass is 10.1. The van der Waals surface area contributed by atoms with E-state index in [0.717, 1.165) is 12.8 Å². The van der Waals surface area contributed by atoms with Crippen LogP contribution in [0, 0.1) is 0 Å². The first kappa shape index (κ1) is 16.7. The molecular formula is C15H24N2O5. The zero-order valence-corrected chi connectivity index (χ0v) is 12.8. The van der Waals surface area contributed by atoms with E-state index in [4.69, 9.17) is 9.84 Å². The molecule has 0 aromatic carbocycles. The van der Waals surface area contributed by atoms with Gasteiger partial charge in [-0.25, -0.2) is 0 Å². The number of carboxylic acids is 1. The van der Waals surface area contributed by atoms with Crippen LogP contribution in [0.15, 0.2) is 0 Å². The van der Waals surface area contributed by atoms with E-state index >= 15 is 0 Å². The standard InChI is InChI=1S/C15H24N2O5/c18-13(5-1-2-6-14(19)20)16-7-9-17(10-8-16)15(21)12-4-3-11-22-12/h12H,1-11H2,(H,19,20).